The third kappa shape index (κ3) is 4.34. The molecule has 1 saturated heterocycles. The van der Waals surface area contributed by atoms with E-state index in [0.717, 1.165) is 4.68 Å². The van der Waals surface area contributed by atoms with Crippen LogP contribution in [-0.2, 0) is 11.3 Å². The normalized spacial score (nSPS) is 16.8. The van der Waals surface area contributed by atoms with Gasteiger partial charge in [0.05, 0.1) is 6.10 Å². The fourth-order valence-electron chi connectivity index (χ4n) is 2.89. The number of rotatable bonds is 5. The molecule has 0 radical (unpaired) electrons. The Morgan fingerprint density at radius 2 is 1.92 bits per heavy atom. The summed E-state index contributed by atoms with van der Waals surface area (Å²) in [7, 11) is 0. The molecule has 1 aromatic heterocycles. The van der Waals surface area contributed by atoms with Crippen molar-refractivity contribution in [3.8, 4) is 11.5 Å². The molecule has 1 N–H and O–H groups in total. The van der Waals surface area contributed by atoms with Crippen LogP contribution in [0.3, 0.4) is 0 Å². The van der Waals surface area contributed by atoms with Gasteiger partial charge in [-0.2, -0.15) is 4.68 Å². The number of nitrogens with zero attached hydrogens (tertiary/aromatic N) is 4. The summed E-state index contributed by atoms with van der Waals surface area (Å²) in [6.07, 6.45) is -0.382. The third-order valence-corrected chi connectivity index (χ3v) is 4.16. The van der Waals surface area contributed by atoms with Crippen molar-refractivity contribution in [3.63, 3.8) is 0 Å². The highest BCUT2D eigenvalue weighted by Gasteiger charge is 2.23. The van der Waals surface area contributed by atoms with Gasteiger partial charge in [-0.3, -0.25) is 9.69 Å². The molecule has 2 heterocycles. The van der Waals surface area contributed by atoms with Crippen LogP contribution in [0.25, 0.3) is 11.5 Å². The third-order valence-electron chi connectivity index (χ3n) is 4.16. The standard InChI is InChI=1S/C17H22N4O4/c1-13(22)11-19-7-9-20(10-8-19)15(23)12-21-17(24)25-16(18-21)14-5-3-2-4-6-14/h2-6,13,22H,7-12H2,1H3. The zero-order valence-electron chi connectivity index (χ0n) is 14.2. The van der Waals surface area contributed by atoms with Crippen LogP contribution < -0.4 is 5.76 Å². The Hall–Kier alpha value is -2.45. The van der Waals surface area contributed by atoms with E-state index in [1.165, 1.54) is 0 Å². The molecule has 0 saturated carbocycles. The number of carbonyl (C=O) groups excluding carboxylic acids is 1. The van der Waals surface area contributed by atoms with Crippen LogP contribution in [-0.4, -0.2) is 69.4 Å². The lowest BCUT2D eigenvalue weighted by Gasteiger charge is -2.35. The van der Waals surface area contributed by atoms with Crippen molar-refractivity contribution in [2.75, 3.05) is 32.7 Å². The lowest BCUT2D eigenvalue weighted by molar-refractivity contribution is -0.134. The predicted molar refractivity (Wildman–Crippen MR) is 90.9 cm³/mol. The molecule has 1 unspecified atom stereocenters. The Bertz CT molecular complexity index is 760. The average Bonchev–Trinajstić information content (AvgIpc) is 2.96. The van der Waals surface area contributed by atoms with Gasteiger partial charge in [0.1, 0.15) is 6.54 Å². The molecule has 8 nitrogen and oxygen atoms in total. The summed E-state index contributed by atoms with van der Waals surface area (Å²) in [5.74, 6) is -0.591. The Kier molecular flexibility index (Phi) is 5.30. The van der Waals surface area contributed by atoms with E-state index in [0.29, 0.717) is 38.3 Å². The first-order valence-corrected chi connectivity index (χ1v) is 8.34. The number of aliphatic hydroxyl groups is 1. The molecular formula is C17H22N4O4. The molecular weight excluding hydrogens is 324 g/mol. The molecule has 134 valence electrons. The monoisotopic (exact) mass is 346 g/mol. The highest BCUT2D eigenvalue weighted by molar-refractivity contribution is 5.76. The molecule has 0 spiro atoms. The van der Waals surface area contributed by atoms with Crippen LogP contribution in [0.4, 0.5) is 0 Å². The Morgan fingerprint density at radius 3 is 2.56 bits per heavy atom. The summed E-state index contributed by atoms with van der Waals surface area (Å²) >= 11 is 0. The van der Waals surface area contributed by atoms with E-state index in [-0.39, 0.29) is 24.4 Å². The molecule has 0 aliphatic carbocycles. The van der Waals surface area contributed by atoms with Crippen LogP contribution >= 0.6 is 0 Å². The van der Waals surface area contributed by atoms with Gasteiger partial charge in [-0.15, -0.1) is 5.10 Å². The van der Waals surface area contributed by atoms with Gasteiger partial charge in [0, 0.05) is 38.3 Å². The van der Waals surface area contributed by atoms with Crippen LogP contribution in [0.5, 0.6) is 0 Å². The number of amides is 1. The Labute approximate surface area is 145 Å². The number of benzene rings is 1. The quantitative estimate of drug-likeness (QED) is 0.821. The van der Waals surface area contributed by atoms with Crippen LogP contribution in [0, 0.1) is 0 Å². The Morgan fingerprint density at radius 1 is 1.24 bits per heavy atom. The fraction of sp³-hybridized carbons (Fsp3) is 0.471. The van der Waals surface area contributed by atoms with Gasteiger partial charge in [0.2, 0.25) is 11.8 Å². The van der Waals surface area contributed by atoms with E-state index in [1.54, 1.807) is 24.0 Å². The van der Waals surface area contributed by atoms with Crippen LogP contribution in [0.2, 0.25) is 0 Å². The summed E-state index contributed by atoms with van der Waals surface area (Å²) in [4.78, 5) is 28.2. The largest absolute Gasteiger partial charge is 0.437 e. The molecule has 1 aromatic carbocycles. The molecule has 3 rings (SSSR count). The van der Waals surface area contributed by atoms with Crippen molar-refractivity contribution in [1.82, 2.24) is 19.6 Å². The lowest BCUT2D eigenvalue weighted by Crippen LogP contribution is -2.51. The van der Waals surface area contributed by atoms with Crippen molar-refractivity contribution < 1.29 is 14.3 Å². The van der Waals surface area contributed by atoms with Crippen molar-refractivity contribution in [3.05, 3.63) is 40.9 Å². The second-order valence-corrected chi connectivity index (χ2v) is 6.23. The summed E-state index contributed by atoms with van der Waals surface area (Å²) in [6, 6.07) is 9.09. The van der Waals surface area contributed by atoms with Crippen LogP contribution in [0.15, 0.2) is 39.5 Å². The number of hydrogen-bond donors (Lipinski definition) is 1. The zero-order valence-corrected chi connectivity index (χ0v) is 14.2. The molecule has 2 aromatic rings. The highest BCUT2D eigenvalue weighted by atomic mass is 16.4. The highest BCUT2D eigenvalue weighted by Crippen LogP contribution is 2.14. The lowest BCUT2D eigenvalue weighted by atomic mass is 10.2. The molecule has 8 heteroatoms. The minimum atomic E-state index is -0.639. The van der Waals surface area contributed by atoms with Gasteiger partial charge in [-0.05, 0) is 19.1 Å². The summed E-state index contributed by atoms with van der Waals surface area (Å²) in [6.45, 7) is 4.78. The summed E-state index contributed by atoms with van der Waals surface area (Å²) in [5, 5.41) is 13.5. The first-order chi connectivity index (χ1) is 12.0. The fourth-order valence-corrected chi connectivity index (χ4v) is 2.89. The van der Waals surface area contributed by atoms with Crippen LogP contribution in [0.1, 0.15) is 6.92 Å². The molecule has 1 aliphatic rings. The first kappa shape index (κ1) is 17.4. The van der Waals surface area contributed by atoms with Crippen molar-refractivity contribution >= 4 is 5.91 Å². The Balaban J connectivity index is 1.61. The number of hydrogen-bond acceptors (Lipinski definition) is 6. The van der Waals surface area contributed by atoms with E-state index in [2.05, 4.69) is 10.00 Å². The second kappa shape index (κ2) is 7.62. The maximum Gasteiger partial charge on any atom is 0.437 e. The summed E-state index contributed by atoms with van der Waals surface area (Å²) in [5.41, 5.74) is 0.692. The molecule has 1 atom stereocenters. The summed E-state index contributed by atoms with van der Waals surface area (Å²) < 4.78 is 6.20. The minimum Gasteiger partial charge on any atom is -0.392 e. The van der Waals surface area contributed by atoms with E-state index in [1.807, 2.05) is 18.2 Å². The number of β-amino-alcohol motifs (C(OH)–C–C–N with tert-alkyl or cyclic N) is 1. The minimum absolute atomic E-state index is 0.133. The second-order valence-electron chi connectivity index (χ2n) is 6.23. The van der Waals surface area contributed by atoms with E-state index >= 15 is 0 Å². The van der Waals surface area contributed by atoms with Crippen molar-refractivity contribution in [2.45, 2.75) is 19.6 Å². The first-order valence-electron chi connectivity index (χ1n) is 8.34. The van der Waals surface area contributed by atoms with E-state index in [9.17, 15) is 14.7 Å². The van der Waals surface area contributed by atoms with E-state index in [4.69, 9.17) is 4.42 Å². The van der Waals surface area contributed by atoms with Gasteiger partial charge < -0.3 is 14.4 Å². The number of piperazine rings is 1. The SMILES string of the molecule is CC(O)CN1CCN(C(=O)Cn2nc(-c3ccccc3)oc2=O)CC1. The number of aliphatic hydroxyl groups excluding tert-OH is 1. The van der Waals surface area contributed by atoms with Gasteiger partial charge in [0.25, 0.3) is 0 Å². The van der Waals surface area contributed by atoms with E-state index < -0.39 is 5.76 Å². The zero-order chi connectivity index (χ0) is 17.8. The van der Waals surface area contributed by atoms with Crippen molar-refractivity contribution in [1.29, 1.82) is 0 Å². The smallest absolute Gasteiger partial charge is 0.392 e. The molecule has 0 bridgehead atoms. The molecule has 1 aliphatic heterocycles. The average molecular weight is 346 g/mol. The maximum absolute atomic E-state index is 12.4. The molecule has 25 heavy (non-hydrogen) atoms. The van der Waals surface area contributed by atoms with Crippen molar-refractivity contribution in [2.24, 2.45) is 0 Å². The number of carbonyl (C=O) groups is 1. The topological polar surface area (TPSA) is 91.8 Å². The number of aromatic nitrogens is 2. The molecule has 1 amide bonds. The predicted octanol–water partition coefficient (Wildman–Crippen LogP) is 0.0283. The van der Waals surface area contributed by atoms with Gasteiger partial charge in [0.15, 0.2) is 0 Å². The van der Waals surface area contributed by atoms with Gasteiger partial charge in [-0.25, -0.2) is 4.79 Å². The molecule has 1 fully saturated rings. The van der Waals surface area contributed by atoms with Gasteiger partial charge in [-0.1, -0.05) is 18.2 Å². The van der Waals surface area contributed by atoms with Gasteiger partial charge >= 0.3 is 5.76 Å². The maximum atomic E-state index is 12.4.